The van der Waals surface area contributed by atoms with E-state index in [4.69, 9.17) is 18.7 Å². The molecule has 4 rings (SSSR count). The Morgan fingerprint density at radius 3 is 2.50 bits per heavy atom. The van der Waals surface area contributed by atoms with Gasteiger partial charge in [0, 0.05) is 17.7 Å². The monoisotopic (exact) mass is 459 g/mol. The van der Waals surface area contributed by atoms with E-state index in [1.165, 1.54) is 36.4 Å². The Hall–Kier alpha value is -3.60. The zero-order valence-corrected chi connectivity index (χ0v) is 18.2. The van der Waals surface area contributed by atoms with E-state index in [1.54, 1.807) is 6.07 Å². The summed E-state index contributed by atoms with van der Waals surface area (Å²) in [5.74, 6) is 1.10. The minimum Gasteiger partial charge on any atom is -0.486 e. The first-order valence-electron chi connectivity index (χ1n) is 9.84. The van der Waals surface area contributed by atoms with Crippen LogP contribution in [-0.2, 0) is 21.4 Å². The molecule has 0 saturated carbocycles. The number of esters is 1. The number of carbonyl (C=O) groups is 1. The van der Waals surface area contributed by atoms with Crippen molar-refractivity contribution >= 4 is 21.7 Å². The quantitative estimate of drug-likeness (QED) is 0.530. The zero-order chi connectivity index (χ0) is 22.7. The van der Waals surface area contributed by atoms with E-state index in [0.717, 1.165) is 0 Å². The molecule has 0 radical (unpaired) electrons. The molecule has 2 heterocycles. The van der Waals surface area contributed by atoms with Gasteiger partial charge in [0.15, 0.2) is 23.9 Å². The predicted molar refractivity (Wildman–Crippen MR) is 112 cm³/mol. The number of sulfonamides is 1. The number of nitrogens with one attached hydrogen (secondary N) is 1. The van der Waals surface area contributed by atoms with Gasteiger partial charge in [-0.05, 0) is 36.4 Å². The summed E-state index contributed by atoms with van der Waals surface area (Å²) in [4.78, 5) is 16.4. The van der Waals surface area contributed by atoms with Crippen LogP contribution in [0.3, 0.4) is 0 Å². The summed E-state index contributed by atoms with van der Waals surface area (Å²) < 4.78 is 48.9. The fraction of sp³-hybridized carbons (Fsp3) is 0.286. The van der Waals surface area contributed by atoms with Crippen LogP contribution in [0.1, 0.15) is 41.8 Å². The van der Waals surface area contributed by atoms with Gasteiger partial charge < -0.3 is 18.7 Å². The first kappa shape index (κ1) is 21.6. The van der Waals surface area contributed by atoms with Crippen LogP contribution in [0.25, 0.3) is 0 Å². The summed E-state index contributed by atoms with van der Waals surface area (Å²) in [7, 11) is -3.86. The molecule has 0 atom stereocenters. The van der Waals surface area contributed by atoms with Crippen LogP contribution in [0.2, 0.25) is 0 Å². The SMILES string of the molecule is CC(C)c1noc(COC(=O)c2ccc(NS(=O)(=O)c3ccc4c(c3)OCCO4)cc2)n1. The van der Waals surface area contributed by atoms with Crippen molar-refractivity contribution in [2.75, 3.05) is 17.9 Å². The molecule has 1 aliphatic rings. The maximum absolute atomic E-state index is 12.7. The van der Waals surface area contributed by atoms with Crippen molar-refractivity contribution < 1.29 is 31.9 Å². The molecule has 2 aromatic carbocycles. The molecule has 32 heavy (non-hydrogen) atoms. The predicted octanol–water partition coefficient (Wildman–Crippen LogP) is 3.12. The highest BCUT2D eigenvalue weighted by atomic mass is 32.2. The third-order valence-corrected chi connectivity index (χ3v) is 5.90. The van der Waals surface area contributed by atoms with Gasteiger partial charge in [0.25, 0.3) is 15.9 Å². The Balaban J connectivity index is 1.39. The van der Waals surface area contributed by atoms with Crippen LogP contribution in [0.5, 0.6) is 11.5 Å². The van der Waals surface area contributed by atoms with E-state index in [9.17, 15) is 13.2 Å². The molecule has 3 aromatic rings. The number of hydrogen-bond acceptors (Lipinski definition) is 9. The number of fused-ring (bicyclic) bond motifs is 1. The second kappa shape index (κ2) is 8.87. The van der Waals surface area contributed by atoms with Crippen LogP contribution in [0.4, 0.5) is 5.69 Å². The van der Waals surface area contributed by atoms with Gasteiger partial charge in [-0.2, -0.15) is 4.98 Å². The number of benzene rings is 2. The van der Waals surface area contributed by atoms with Crippen LogP contribution >= 0.6 is 0 Å². The van der Waals surface area contributed by atoms with E-state index in [1.807, 2.05) is 13.8 Å². The standard InChI is InChI=1S/C21H21N3O7S/c1-13(2)20-22-19(31-23-20)12-30-21(25)14-3-5-15(6-4-14)24-32(26,27)16-7-8-17-18(11-16)29-10-9-28-17/h3-8,11,13,24H,9-10,12H2,1-2H3. The van der Waals surface area contributed by atoms with E-state index < -0.39 is 16.0 Å². The first-order valence-corrected chi connectivity index (χ1v) is 11.3. The average Bonchev–Trinajstić information content (AvgIpc) is 3.27. The van der Waals surface area contributed by atoms with E-state index in [2.05, 4.69) is 14.9 Å². The van der Waals surface area contributed by atoms with Crippen molar-refractivity contribution in [2.24, 2.45) is 0 Å². The Kier molecular flexibility index (Phi) is 5.99. The molecule has 1 N–H and O–H groups in total. The lowest BCUT2D eigenvalue weighted by molar-refractivity contribution is 0.0430. The van der Waals surface area contributed by atoms with Gasteiger partial charge in [0.05, 0.1) is 10.5 Å². The lowest BCUT2D eigenvalue weighted by Crippen LogP contribution is -2.17. The fourth-order valence-electron chi connectivity index (χ4n) is 2.85. The molecular weight excluding hydrogens is 438 g/mol. The van der Waals surface area contributed by atoms with Crippen LogP contribution in [0, 0.1) is 0 Å². The molecule has 1 aromatic heterocycles. The summed E-state index contributed by atoms with van der Waals surface area (Å²) in [5.41, 5.74) is 0.533. The lowest BCUT2D eigenvalue weighted by atomic mass is 10.2. The van der Waals surface area contributed by atoms with E-state index in [-0.39, 0.29) is 34.6 Å². The average molecular weight is 459 g/mol. The summed E-state index contributed by atoms with van der Waals surface area (Å²) in [6.45, 7) is 4.46. The third-order valence-electron chi connectivity index (χ3n) is 4.52. The molecule has 10 nitrogen and oxygen atoms in total. The van der Waals surface area contributed by atoms with Crippen LogP contribution in [0.15, 0.2) is 51.9 Å². The van der Waals surface area contributed by atoms with Gasteiger partial charge in [-0.3, -0.25) is 4.72 Å². The molecule has 168 valence electrons. The topological polar surface area (TPSA) is 130 Å². The molecule has 0 bridgehead atoms. The summed E-state index contributed by atoms with van der Waals surface area (Å²) in [6, 6.07) is 10.2. The maximum Gasteiger partial charge on any atom is 0.338 e. The van der Waals surface area contributed by atoms with Crippen molar-refractivity contribution in [1.82, 2.24) is 10.1 Å². The zero-order valence-electron chi connectivity index (χ0n) is 17.4. The normalized spacial score (nSPS) is 13.1. The second-order valence-electron chi connectivity index (χ2n) is 7.27. The summed E-state index contributed by atoms with van der Waals surface area (Å²) in [5, 5.41) is 3.80. The van der Waals surface area contributed by atoms with Gasteiger partial charge in [0.1, 0.15) is 13.2 Å². The molecular formula is C21H21N3O7S. The Morgan fingerprint density at radius 2 is 1.81 bits per heavy atom. The van der Waals surface area contributed by atoms with Gasteiger partial charge in [0.2, 0.25) is 0 Å². The number of anilines is 1. The van der Waals surface area contributed by atoms with Gasteiger partial charge in [-0.25, -0.2) is 13.2 Å². The highest BCUT2D eigenvalue weighted by Gasteiger charge is 2.20. The molecule has 11 heteroatoms. The second-order valence-corrected chi connectivity index (χ2v) is 8.95. The molecule has 0 saturated heterocycles. The number of nitrogens with zero attached hydrogens (tertiary/aromatic N) is 2. The minimum absolute atomic E-state index is 0.0329. The molecule has 0 amide bonds. The maximum atomic E-state index is 12.7. The third kappa shape index (κ3) is 4.83. The molecule has 0 aliphatic carbocycles. The van der Waals surface area contributed by atoms with Gasteiger partial charge in [-0.15, -0.1) is 0 Å². The number of hydrogen-bond donors (Lipinski definition) is 1. The van der Waals surface area contributed by atoms with Gasteiger partial charge in [-0.1, -0.05) is 19.0 Å². The van der Waals surface area contributed by atoms with Crippen LogP contribution in [-0.4, -0.2) is 37.7 Å². The van der Waals surface area contributed by atoms with E-state index in [0.29, 0.717) is 30.5 Å². The smallest absolute Gasteiger partial charge is 0.338 e. The molecule has 1 aliphatic heterocycles. The number of carbonyl (C=O) groups excluding carboxylic acids is 1. The molecule has 0 fully saturated rings. The summed E-state index contributed by atoms with van der Waals surface area (Å²) in [6.07, 6.45) is 0. The first-order chi connectivity index (χ1) is 15.3. The number of aromatic nitrogens is 2. The van der Waals surface area contributed by atoms with Crippen molar-refractivity contribution in [3.8, 4) is 11.5 Å². The highest BCUT2D eigenvalue weighted by Crippen LogP contribution is 2.32. The minimum atomic E-state index is -3.86. The largest absolute Gasteiger partial charge is 0.486 e. The van der Waals surface area contributed by atoms with Gasteiger partial charge >= 0.3 is 5.97 Å². The van der Waals surface area contributed by atoms with Crippen molar-refractivity contribution in [3.05, 3.63) is 59.7 Å². The Bertz CT molecular complexity index is 1220. The van der Waals surface area contributed by atoms with E-state index >= 15 is 0 Å². The Labute approximate surface area is 184 Å². The molecule has 0 unspecified atom stereocenters. The van der Waals surface area contributed by atoms with Crippen molar-refractivity contribution in [3.63, 3.8) is 0 Å². The Morgan fingerprint density at radius 1 is 1.09 bits per heavy atom. The number of rotatable bonds is 7. The lowest BCUT2D eigenvalue weighted by Gasteiger charge is -2.19. The molecule has 0 spiro atoms. The summed E-state index contributed by atoms with van der Waals surface area (Å²) >= 11 is 0. The number of ether oxygens (including phenoxy) is 3. The van der Waals surface area contributed by atoms with Crippen molar-refractivity contribution in [2.45, 2.75) is 31.3 Å². The van der Waals surface area contributed by atoms with Crippen LogP contribution < -0.4 is 14.2 Å². The highest BCUT2D eigenvalue weighted by molar-refractivity contribution is 7.92. The fourth-order valence-corrected chi connectivity index (χ4v) is 3.92. The van der Waals surface area contributed by atoms with Crippen molar-refractivity contribution in [1.29, 1.82) is 0 Å².